The van der Waals surface area contributed by atoms with Gasteiger partial charge in [0.2, 0.25) is 0 Å². The van der Waals surface area contributed by atoms with Crippen LogP contribution in [0.4, 0.5) is 0 Å². The van der Waals surface area contributed by atoms with E-state index in [1.807, 2.05) is 17.7 Å². The number of carbonyl (C=O) groups is 2. The number of aryl methyl sites for hydroxylation is 1. The first-order chi connectivity index (χ1) is 7.18. The van der Waals surface area contributed by atoms with Crippen molar-refractivity contribution in [2.45, 2.75) is 19.8 Å². The summed E-state index contributed by atoms with van der Waals surface area (Å²) in [6.45, 7) is 2.92. The SMILES string of the molecule is Cc1cscc1C(=O)N1CCCC(=O)C1. The Morgan fingerprint density at radius 3 is 2.87 bits per heavy atom. The van der Waals surface area contributed by atoms with Crippen molar-refractivity contribution in [3.8, 4) is 0 Å². The van der Waals surface area contributed by atoms with Crippen molar-refractivity contribution in [1.29, 1.82) is 0 Å². The van der Waals surface area contributed by atoms with E-state index in [2.05, 4.69) is 0 Å². The lowest BCUT2D eigenvalue weighted by Crippen LogP contribution is -2.40. The molecule has 2 heterocycles. The largest absolute Gasteiger partial charge is 0.331 e. The molecule has 1 aromatic rings. The molecule has 1 saturated heterocycles. The molecule has 0 aromatic carbocycles. The number of amides is 1. The number of likely N-dealkylation sites (tertiary alicyclic amines) is 1. The van der Waals surface area contributed by atoms with Crippen LogP contribution in [0.1, 0.15) is 28.8 Å². The Balaban J connectivity index is 2.14. The molecule has 0 N–H and O–H groups in total. The second-order valence-electron chi connectivity index (χ2n) is 3.84. The lowest BCUT2D eigenvalue weighted by molar-refractivity contribution is -0.121. The second kappa shape index (κ2) is 4.14. The summed E-state index contributed by atoms with van der Waals surface area (Å²) in [5, 5.41) is 3.82. The van der Waals surface area contributed by atoms with Gasteiger partial charge in [0, 0.05) is 18.3 Å². The molecule has 1 fully saturated rings. The summed E-state index contributed by atoms with van der Waals surface area (Å²) in [6.07, 6.45) is 1.42. The van der Waals surface area contributed by atoms with Gasteiger partial charge in [0.25, 0.3) is 5.91 Å². The maximum Gasteiger partial charge on any atom is 0.255 e. The fraction of sp³-hybridized carbons (Fsp3) is 0.455. The maximum absolute atomic E-state index is 12.0. The number of thiophene rings is 1. The maximum atomic E-state index is 12.0. The van der Waals surface area contributed by atoms with Gasteiger partial charge in [-0.3, -0.25) is 9.59 Å². The molecule has 0 unspecified atom stereocenters. The van der Waals surface area contributed by atoms with Gasteiger partial charge in [-0.25, -0.2) is 0 Å². The molecule has 0 radical (unpaired) electrons. The van der Waals surface area contributed by atoms with Crippen molar-refractivity contribution in [3.63, 3.8) is 0 Å². The summed E-state index contributed by atoms with van der Waals surface area (Å²) in [6, 6.07) is 0. The van der Waals surface area contributed by atoms with Crippen LogP contribution in [0.15, 0.2) is 10.8 Å². The molecular weight excluding hydrogens is 210 g/mol. The first kappa shape index (κ1) is 10.4. The molecule has 3 nitrogen and oxygen atoms in total. The summed E-state index contributed by atoms with van der Waals surface area (Å²) in [5.74, 6) is 0.171. The van der Waals surface area contributed by atoms with Crippen LogP contribution in [0, 0.1) is 6.92 Å². The van der Waals surface area contributed by atoms with E-state index in [9.17, 15) is 9.59 Å². The van der Waals surface area contributed by atoms with Gasteiger partial charge in [-0.15, -0.1) is 0 Å². The van der Waals surface area contributed by atoms with Crippen molar-refractivity contribution < 1.29 is 9.59 Å². The molecule has 0 bridgehead atoms. The number of piperidine rings is 1. The molecule has 15 heavy (non-hydrogen) atoms. The highest BCUT2D eigenvalue weighted by atomic mass is 32.1. The van der Waals surface area contributed by atoms with Gasteiger partial charge in [-0.05, 0) is 24.3 Å². The van der Waals surface area contributed by atoms with E-state index in [-0.39, 0.29) is 18.2 Å². The standard InChI is InChI=1S/C11H13NO2S/c1-8-6-15-7-10(8)11(14)12-4-2-3-9(13)5-12/h6-7H,2-5H2,1H3. The predicted molar refractivity (Wildman–Crippen MR) is 59.2 cm³/mol. The number of hydrogen-bond donors (Lipinski definition) is 0. The third-order valence-corrected chi connectivity index (χ3v) is 3.49. The zero-order valence-electron chi connectivity index (χ0n) is 8.66. The van der Waals surface area contributed by atoms with Crippen LogP contribution < -0.4 is 0 Å². The first-order valence-corrected chi connectivity index (χ1v) is 5.96. The molecule has 0 spiro atoms. The van der Waals surface area contributed by atoms with Crippen LogP contribution in [-0.2, 0) is 4.79 Å². The zero-order valence-corrected chi connectivity index (χ0v) is 9.47. The lowest BCUT2D eigenvalue weighted by atomic mass is 10.1. The zero-order chi connectivity index (χ0) is 10.8. The minimum atomic E-state index is 0.00167. The molecule has 0 aliphatic carbocycles. The van der Waals surface area contributed by atoms with Crippen LogP contribution in [0.25, 0.3) is 0 Å². The van der Waals surface area contributed by atoms with E-state index in [1.165, 1.54) is 11.3 Å². The average molecular weight is 223 g/mol. The Bertz CT molecular complexity index is 397. The van der Waals surface area contributed by atoms with Gasteiger partial charge in [0.15, 0.2) is 5.78 Å². The van der Waals surface area contributed by atoms with Crippen molar-refractivity contribution in [2.75, 3.05) is 13.1 Å². The second-order valence-corrected chi connectivity index (χ2v) is 4.58. The molecule has 0 atom stereocenters. The highest BCUT2D eigenvalue weighted by molar-refractivity contribution is 7.08. The summed E-state index contributed by atoms with van der Waals surface area (Å²) in [7, 11) is 0. The highest BCUT2D eigenvalue weighted by Crippen LogP contribution is 2.17. The van der Waals surface area contributed by atoms with E-state index in [0.717, 1.165) is 17.5 Å². The predicted octanol–water partition coefficient (Wildman–Crippen LogP) is 1.86. The van der Waals surface area contributed by atoms with Crippen LogP contribution in [0.3, 0.4) is 0 Å². The molecule has 1 aromatic heterocycles. The molecule has 2 rings (SSSR count). The summed E-state index contributed by atoms with van der Waals surface area (Å²) < 4.78 is 0. The van der Waals surface area contributed by atoms with Gasteiger partial charge in [-0.2, -0.15) is 11.3 Å². The minimum Gasteiger partial charge on any atom is -0.331 e. The van der Waals surface area contributed by atoms with Crippen molar-refractivity contribution >= 4 is 23.0 Å². The third-order valence-electron chi connectivity index (χ3n) is 2.62. The number of Topliss-reactive ketones (excluding diaryl/α,β-unsaturated/α-hetero) is 1. The van der Waals surface area contributed by atoms with Gasteiger partial charge < -0.3 is 4.90 Å². The molecule has 80 valence electrons. The fourth-order valence-corrected chi connectivity index (χ4v) is 2.58. The smallest absolute Gasteiger partial charge is 0.255 e. The van der Waals surface area contributed by atoms with E-state index >= 15 is 0 Å². The average Bonchev–Trinajstić information content (AvgIpc) is 2.63. The van der Waals surface area contributed by atoms with Gasteiger partial charge in [0.1, 0.15) is 0 Å². The van der Waals surface area contributed by atoms with E-state index < -0.39 is 0 Å². The Morgan fingerprint density at radius 1 is 1.47 bits per heavy atom. The molecule has 0 saturated carbocycles. The monoisotopic (exact) mass is 223 g/mol. The summed E-state index contributed by atoms with van der Waals surface area (Å²) in [4.78, 5) is 24.9. The Hall–Kier alpha value is -1.16. The van der Waals surface area contributed by atoms with Crippen molar-refractivity contribution in [1.82, 2.24) is 4.90 Å². The number of nitrogens with zero attached hydrogens (tertiary/aromatic N) is 1. The Labute approximate surface area is 92.7 Å². The van der Waals surface area contributed by atoms with Crippen molar-refractivity contribution in [2.24, 2.45) is 0 Å². The normalized spacial score (nSPS) is 16.9. The quantitative estimate of drug-likeness (QED) is 0.728. The number of ketones is 1. The van der Waals surface area contributed by atoms with E-state index in [4.69, 9.17) is 0 Å². The van der Waals surface area contributed by atoms with Crippen LogP contribution in [0.2, 0.25) is 0 Å². The molecule has 1 aliphatic rings. The van der Waals surface area contributed by atoms with Crippen molar-refractivity contribution in [3.05, 3.63) is 21.9 Å². The number of carbonyl (C=O) groups excluding carboxylic acids is 2. The van der Waals surface area contributed by atoms with E-state index in [1.54, 1.807) is 4.90 Å². The van der Waals surface area contributed by atoms with Gasteiger partial charge in [-0.1, -0.05) is 0 Å². The number of hydrogen-bond acceptors (Lipinski definition) is 3. The van der Waals surface area contributed by atoms with Crippen LogP contribution >= 0.6 is 11.3 Å². The molecule has 4 heteroatoms. The van der Waals surface area contributed by atoms with Gasteiger partial charge >= 0.3 is 0 Å². The van der Waals surface area contributed by atoms with Crippen LogP contribution in [0.5, 0.6) is 0 Å². The third kappa shape index (κ3) is 2.09. The topological polar surface area (TPSA) is 37.4 Å². The lowest BCUT2D eigenvalue weighted by Gasteiger charge is -2.25. The number of rotatable bonds is 1. The summed E-state index contributed by atoms with van der Waals surface area (Å²) in [5.41, 5.74) is 1.75. The molecule has 1 aliphatic heterocycles. The Kier molecular flexibility index (Phi) is 2.86. The first-order valence-electron chi connectivity index (χ1n) is 5.02. The van der Waals surface area contributed by atoms with Crippen LogP contribution in [-0.4, -0.2) is 29.7 Å². The fourth-order valence-electron chi connectivity index (χ4n) is 1.76. The molecule has 1 amide bonds. The highest BCUT2D eigenvalue weighted by Gasteiger charge is 2.23. The van der Waals surface area contributed by atoms with Gasteiger partial charge in [0.05, 0.1) is 12.1 Å². The minimum absolute atomic E-state index is 0.00167. The summed E-state index contributed by atoms with van der Waals surface area (Å²) >= 11 is 1.53. The van der Waals surface area contributed by atoms with E-state index in [0.29, 0.717) is 13.0 Å². The molecular formula is C11H13NO2S. The Morgan fingerprint density at radius 2 is 2.27 bits per heavy atom.